The Hall–Kier alpha value is -2.57. The molecule has 18 heavy (non-hydrogen) atoms. The van der Waals surface area contributed by atoms with Crippen LogP contribution in [0.5, 0.6) is 0 Å². The van der Waals surface area contributed by atoms with Crippen molar-refractivity contribution >= 4 is 0 Å². The predicted molar refractivity (Wildman–Crippen MR) is 58.9 cm³/mol. The number of aromatic amines is 1. The Labute approximate surface area is 100 Å². The molecule has 0 bridgehead atoms. The summed E-state index contributed by atoms with van der Waals surface area (Å²) in [4.78, 5) is 0. The van der Waals surface area contributed by atoms with E-state index in [0.717, 1.165) is 18.2 Å². The third-order valence-corrected chi connectivity index (χ3v) is 2.43. The zero-order valence-corrected chi connectivity index (χ0v) is 9.01. The SMILES string of the molecule is Fc1ccc(F)c(-n2cc(-c3ccn[nH]3)nn2)c1. The van der Waals surface area contributed by atoms with Crippen LogP contribution >= 0.6 is 0 Å². The number of nitrogens with zero attached hydrogens (tertiary/aromatic N) is 4. The summed E-state index contributed by atoms with van der Waals surface area (Å²) in [5.74, 6) is -1.11. The van der Waals surface area contributed by atoms with E-state index in [1.165, 1.54) is 10.9 Å². The fourth-order valence-corrected chi connectivity index (χ4v) is 1.56. The first-order valence-electron chi connectivity index (χ1n) is 5.11. The van der Waals surface area contributed by atoms with Crippen LogP contribution in [0.2, 0.25) is 0 Å². The van der Waals surface area contributed by atoms with Crippen molar-refractivity contribution in [1.29, 1.82) is 0 Å². The minimum absolute atomic E-state index is 0.00765. The summed E-state index contributed by atoms with van der Waals surface area (Å²) < 4.78 is 27.8. The van der Waals surface area contributed by atoms with Gasteiger partial charge in [-0.15, -0.1) is 5.10 Å². The molecule has 0 radical (unpaired) electrons. The molecule has 0 aliphatic rings. The molecule has 2 heterocycles. The highest BCUT2D eigenvalue weighted by Gasteiger charge is 2.10. The highest BCUT2D eigenvalue weighted by Crippen LogP contribution is 2.17. The van der Waals surface area contributed by atoms with Crippen LogP contribution in [0.25, 0.3) is 17.1 Å². The van der Waals surface area contributed by atoms with Gasteiger partial charge in [0.2, 0.25) is 0 Å². The normalized spacial score (nSPS) is 10.8. The first kappa shape index (κ1) is 10.6. The molecule has 7 heteroatoms. The van der Waals surface area contributed by atoms with Crippen molar-refractivity contribution in [3.63, 3.8) is 0 Å². The van der Waals surface area contributed by atoms with Crippen LogP contribution in [0, 0.1) is 11.6 Å². The minimum Gasteiger partial charge on any atom is -0.276 e. The van der Waals surface area contributed by atoms with Crippen molar-refractivity contribution in [1.82, 2.24) is 25.2 Å². The number of H-pyrrole nitrogens is 1. The van der Waals surface area contributed by atoms with Gasteiger partial charge in [0.25, 0.3) is 0 Å². The molecule has 3 aromatic rings. The maximum absolute atomic E-state index is 13.5. The lowest BCUT2D eigenvalue weighted by atomic mass is 10.3. The fraction of sp³-hybridized carbons (Fsp3) is 0. The number of hydrogen-bond donors (Lipinski definition) is 1. The molecule has 0 fully saturated rings. The van der Waals surface area contributed by atoms with E-state index < -0.39 is 11.6 Å². The standard InChI is InChI=1S/C11H7F2N5/c12-7-1-2-8(13)11(5-7)18-6-10(16-17-18)9-3-4-14-15-9/h1-6H,(H,14,15). The largest absolute Gasteiger partial charge is 0.276 e. The fourth-order valence-electron chi connectivity index (χ4n) is 1.56. The summed E-state index contributed by atoms with van der Waals surface area (Å²) in [6, 6.07) is 4.85. The van der Waals surface area contributed by atoms with Crippen LogP contribution < -0.4 is 0 Å². The topological polar surface area (TPSA) is 59.4 Å². The van der Waals surface area contributed by atoms with Gasteiger partial charge in [-0.2, -0.15) is 5.10 Å². The van der Waals surface area contributed by atoms with Crippen molar-refractivity contribution in [2.45, 2.75) is 0 Å². The second-order valence-electron chi connectivity index (χ2n) is 3.61. The van der Waals surface area contributed by atoms with Crippen molar-refractivity contribution in [3.8, 4) is 17.1 Å². The maximum Gasteiger partial charge on any atom is 0.149 e. The van der Waals surface area contributed by atoms with Gasteiger partial charge in [-0.05, 0) is 18.2 Å². The summed E-state index contributed by atoms with van der Waals surface area (Å²) >= 11 is 0. The molecule has 3 rings (SSSR count). The Morgan fingerprint density at radius 1 is 1.17 bits per heavy atom. The van der Waals surface area contributed by atoms with E-state index in [1.807, 2.05) is 0 Å². The Morgan fingerprint density at radius 2 is 2.06 bits per heavy atom. The predicted octanol–water partition coefficient (Wildman–Crippen LogP) is 1.94. The summed E-state index contributed by atoms with van der Waals surface area (Å²) in [6.45, 7) is 0. The van der Waals surface area contributed by atoms with Crippen LogP contribution in [0.4, 0.5) is 8.78 Å². The van der Waals surface area contributed by atoms with Crippen molar-refractivity contribution in [2.24, 2.45) is 0 Å². The van der Waals surface area contributed by atoms with E-state index in [9.17, 15) is 8.78 Å². The summed E-state index contributed by atoms with van der Waals surface area (Å²) in [5, 5.41) is 14.1. The van der Waals surface area contributed by atoms with Crippen LogP contribution in [0.15, 0.2) is 36.7 Å². The average molecular weight is 247 g/mol. The van der Waals surface area contributed by atoms with E-state index in [1.54, 1.807) is 12.3 Å². The molecule has 0 amide bonds. The Morgan fingerprint density at radius 3 is 2.83 bits per heavy atom. The van der Waals surface area contributed by atoms with Gasteiger partial charge in [0.1, 0.15) is 23.0 Å². The molecular weight excluding hydrogens is 240 g/mol. The first-order chi connectivity index (χ1) is 8.74. The number of halogens is 2. The molecule has 1 N–H and O–H groups in total. The molecule has 0 saturated heterocycles. The van der Waals surface area contributed by atoms with Crippen LogP contribution in [0.3, 0.4) is 0 Å². The van der Waals surface area contributed by atoms with Gasteiger partial charge in [-0.3, -0.25) is 5.10 Å². The Balaban J connectivity index is 2.05. The molecule has 5 nitrogen and oxygen atoms in total. The van der Waals surface area contributed by atoms with Crippen molar-refractivity contribution < 1.29 is 8.78 Å². The Bertz CT molecular complexity index is 675. The highest BCUT2D eigenvalue weighted by molar-refractivity contribution is 5.52. The molecule has 90 valence electrons. The maximum atomic E-state index is 13.5. The van der Waals surface area contributed by atoms with Crippen molar-refractivity contribution in [2.75, 3.05) is 0 Å². The zero-order chi connectivity index (χ0) is 12.5. The smallest absolute Gasteiger partial charge is 0.149 e. The second kappa shape index (κ2) is 4.02. The molecule has 2 aromatic heterocycles. The second-order valence-corrected chi connectivity index (χ2v) is 3.61. The van der Waals surface area contributed by atoms with E-state index in [-0.39, 0.29) is 5.69 Å². The molecule has 0 aliphatic heterocycles. The van der Waals surface area contributed by atoms with Gasteiger partial charge >= 0.3 is 0 Å². The third kappa shape index (κ3) is 1.75. The summed E-state index contributed by atoms with van der Waals surface area (Å²) in [5.41, 5.74) is 1.16. The van der Waals surface area contributed by atoms with Crippen LogP contribution in [-0.4, -0.2) is 25.2 Å². The minimum atomic E-state index is -0.572. The summed E-state index contributed by atoms with van der Waals surface area (Å²) in [7, 11) is 0. The molecule has 0 saturated carbocycles. The van der Waals surface area contributed by atoms with Gasteiger partial charge in [-0.1, -0.05) is 5.21 Å². The van der Waals surface area contributed by atoms with Gasteiger partial charge in [0, 0.05) is 12.3 Å². The third-order valence-electron chi connectivity index (χ3n) is 2.43. The van der Waals surface area contributed by atoms with Crippen LogP contribution in [-0.2, 0) is 0 Å². The van der Waals surface area contributed by atoms with Gasteiger partial charge < -0.3 is 0 Å². The molecular formula is C11H7F2N5. The molecule has 1 aromatic carbocycles. The van der Waals surface area contributed by atoms with Crippen molar-refractivity contribution in [3.05, 3.63) is 48.3 Å². The highest BCUT2D eigenvalue weighted by atomic mass is 19.1. The lowest BCUT2D eigenvalue weighted by molar-refractivity contribution is 0.584. The number of aromatic nitrogens is 5. The molecule has 0 spiro atoms. The number of rotatable bonds is 2. The molecule has 0 unspecified atom stereocenters. The lowest BCUT2D eigenvalue weighted by Gasteiger charge is -2.01. The van der Waals surface area contributed by atoms with E-state index in [2.05, 4.69) is 20.5 Å². The monoisotopic (exact) mass is 247 g/mol. The van der Waals surface area contributed by atoms with Crippen LogP contribution in [0.1, 0.15) is 0 Å². The zero-order valence-electron chi connectivity index (χ0n) is 9.01. The first-order valence-corrected chi connectivity index (χ1v) is 5.11. The quantitative estimate of drug-likeness (QED) is 0.752. The van der Waals surface area contributed by atoms with Gasteiger partial charge in [-0.25, -0.2) is 13.5 Å². The lowest BCUT2D eigenvalue weighted by Crippen LogP contribution is -1.99. The number of benzene rings is 1. The molecule has 0 atom stereocenters. The van der Waals surface area contributed by atoms with Gasteiger partial charge in [0.15, 0.2) is 0 Å². The van der Waals surface area contributed by atoms with Gasteiger partial charge in [0.05, 0.1) is 11.9 Å². The number of hydrogen-bond acceptors (Lipinski definition) is 3. The van der Waals surface area contributed by atoms with E-state index >= 15 is 0 Å². The Kier molecular flexibility index (Phi) is 2.36. The van der Waals surface area contributed by atoms with E-state index in [4.69, 9.17) is 0 Å². The molecule has 0 aliphatic carbocycles. The number of nitrogens with one attached hydrogen (secondary N) is 1. The average Bonchev–Trinajstić information content (AvgIpc) is 3.00. The van der Waals surface area contributed by atoms with E-state index in [0.29, 0.717) is 11.4 Å². The summed E-state index contributed by atoms with van der Waals surface area (Å²) in [6.07, 6.45) is 3.06.